The number of aromatic nitrogens is 2. The van der Waals surface area contributed by atoms with E-state index in [1.165, 1.54) is 11.4 Å². The van der Waals surface area contributed by atoms with Crippen LogP contribution in [0.25, 0.3) is 0 Å². The Balaban J connectivity index is 2.47. The quantitative estimate of drug-likeness (QED) is 0.726. The molecule has 0 bridgehead atoms. The molecule has 1 heterocycles. The van der Waals surface area contributed by atoms with Gasteiger partial charge in [-0.2, -0.15) is 16.9 Å². The largest absolute Gasteiger partial charge is 0.396 e. The number of aryl methyl sites for hydroxylation is 2. The Morgan fingerprint density at radius 3 is 2.87 bits per heavy atom. The van der Waals surface area contributed by atoms with Gasteiger partial charge in [-0.15, -0.1) is 0 Å². The van der Waals surface area contributed by atoms with Gasteiger partial charge in [0.2, 0.25) is 0 Å². The van der Waals surface area contributed by atoms with Crippen LogP contribution in [0.5, 0.6) is 0 Å². The van der Waals surface area contributed by atoms with E-state index in [1.807, 2.05) is 11.8 Å². The lowest BCUT2D eigenvalue weighted by Crippen LogP contribution is -2.02. The molecule has 0 radical (unpaired) electrons. The van der Waals surface area contributed by atoms with Gasteiger partial charge in [0.25, 0.3) is 0 Å². The number of thioether (sulfide) groups is 1. The normalized spacial score (nSPS) is 10.9. The van der Waals surface area contributed by atoms with Crippen molar-refractivity contribution >= 4 is 11.8 Å². The Labute approximate surface area is 95.9 Å². The van der Waals surface area contributed by atoms with Gasteiger partial charge in [0, 0.05) is 24.6 Å². The summed E-state index contributed by atoms with van der Waals surface area (Å²) in [5.74, 6) is 2.02. The standard InChI is InChI=1S/C11H20N2OS/c1-3-10-8-11(13(4-2)12-10)9-15-7-5-6-14/h8,14H,3-7,9H2,1-2H3. The molecule has 0 atom stereocenters. The third-order valence-electron chi connectivity index (χ3n) is 2.27. The van der Waals surface area contributed by atoms with Crippen molar-refractivity contribution in [3.8, 4) is 0 Å². The molecule has 1 aromatic heterocycles. The van der Waals surface area contributed by atoms with Crippen LogP contribution in [0.4, 0.5) is 0 Å². The number of hydrogen-bond donors (Lipinski definition) is 1. The lowest BCUT2D eigenvalue weighted by molar-refractivity contribution is 0.296. The molecule has 3 nitrogen and oxygen atoms in total. The van der Waals surface area contributed by atoms with Crippen molar-refractivity contribution in [2.45, 2.75) is 39.0 Å². The first-order valence-electron chi connectivity index (χ1n) is 5.56. The lowest BCUT2D eigenvalue weighted by atomic mass is 10.3. The molecule has 0 aromatic carbocycles. The number of nitrogens with zero attached hydrogens (tertiary/aromatic N) is 2. The van der Waals surface area contributed by atoms with Gasteiger partial charge >= 0.3 is 0 Å². The van der Waals surface area contributed by atoms with Crippen LogP contribution in [0.15, 0.2) is 6.07 Å². The van der Waals surface area contributed by atoms with E-state index in [2.05, 4.69) is 29.7 Å². The van der Waals surface area contributed by atoms with Crippen LogP contribution in [0.2, 0.25) is 0 Å². The van der Waals surface area contributed by atoms with E-state index in [4.69, 9.17) is 5.11 Å². The molecule has 4 heteroatoms. The van der Waals surface area contributed by atoms with Gasteiger partial charge in [-0.3, -0.25) is 4.68 Å². The number of aliphatic hydroxyl groups excluding tert-OH is 1. The van der Waals surface area contributed by atoms with Crippen molar-refractivity contribution in [2.24, 2.45) is 0 Å². The first-order valence-corrected chi connectivity index (χ1v) is 6.71. The topological polar surface area (TPSA) is 38.0 Å². The summed E-state index contributed by atoms with van der Waals surface area (Å²) in [5, 5.41) is 13.2. The minimum absolute atomic E-state index is 0.292. The molecule has 0 saturated heterocycles. The maximum absolute atomic E-state index is 8.68. The van der Waals surface area contributed by atoms with Crippen LogP contribution in [0.3, 0.4) is 0 Å². The molecule has 1 N–H and O–H groups in total. The zero-order valence-corrected chi connectivity index (χ0v) is 10.4. The summed E-state index contributed by atoms with van der Waals surface area (Å²) in [6.45, 7) is 5.48. The Morgan fingerprint density at radius 1 is 1.47 bits per heavy atom. The van der Waals surface area contributed by atoms with Crippen LogP contribution in [0, 0.1) is 0 Å². The summed E-state index contributed by atoms with van der Waals surface area (Å²) < 4.78 is 2.07. The second kappa shape index (κ2) is 6.90. The van der Waals surface area contributed by atoms with Crippen molar-refractivity contribution in [2.75, 3.05) is 12.4 Å². The number of rotatable bonds is 7. The molecule has 1 aromatic rings. The second-order valence-corrected chi connectivity index (χ2v) is 4.53. The SMILES string of the molecule is CCc1cc(CSCCCO)n(CC)n1. The first kappa shape index (κ1) is 12.6. The third kappa shape index (κ3) is 3.87. The van der Waals surface area contributed by atoms with Crippen LogP contribution in [-0.4, -0.2) is 27.2 Å². The molecular formula is C11H20N2OS. The third-order valence-corrected chi connectivity index (χ3v) is 3.35. The number of hydrogen-bond acceptors (Lipinski definition) is 3. The monoisotopic (exact) mass is 228 g/mol. The van der Waals surface area contributed by atoms with E-state index in [-0.39, 0.29) is 0 Å². The molecule has 0 aliphatic carbocycles. The molecule has 0 spiro atoms. The Bertz CT molecular complexity index is 286. The zero-order chi connectivity index (χ0) is 11.1. The fourth-order valence-electron chi connectivity index (χ4n) is 1.42. The van der Waals surface area contributed by atoms with Gasteiger partial charge in [-0.05, 0) is 31.6 Å². The summed E-state index contributed by atoms with van der Waals surface area (Å²) in [6, 6.07) is 2.19. The second-order valence-electron chi connectivity index (χ2n) is 3.43. The Morgan fingerprint density at radius 2 is 2.27 bits per heavy atom. The zero-order valence-electron chi connectivity index (χ0n) is 9.57. The van der Waals surface area contributed by atoms with Gasteiger partial charge in [0.05, 0.1) is 5.69 Å². The summed E-state index contributed by atoms with van der Waals surface area (Å²) in [6.07, 6.45) is 1.88. The molecule has 0 unspecified atom stereocenters. The number of aliphatic hydroxyl groups is 1. The van der Waals surface area contributed by atoms with E-state index in [9.17, 15) is 0 Å². The van der Waals surface area contributed by atoms with Crippen LogP contribution in [-0.2, 0) is 18.7 Å². The highest BCUT2D eigenvalue weighted by Gasteiger charge is 2.04. The Kier molecular flexibility index (Phi) is 5.79. The van der Waals surface area contributed by atoms with Crippen LogP contribution in [0.1, 0.15) is 31.7 Å². The van der Waals surface area contributed by atoms with E-state index in [0.717, 1.165) is 30.9 Å². The maximum Gasteiger partial charge on any atom is 0.0625 e. The molecule has 1 rings (SSSR count). The molecule has 0 saturated carbocycles. The van der Waals surface area contributed by atoms with E-state index >= 15 is 0 Å². The van der Waals surface area contributed by atoms with Gasteiger partial charge in [0.1, 0.15) is 0 Å². The molecule has 0 aliphatic heterocycles. The van der Waals surface area contributed by atoms with Gasteiger partial charge in [0.15, 0.2) is 0 Å². The maximum atomic E-state index is 8.68. The molecule has 0 aliphatic rings. The predicted octanol–water partition coefficient (Wildman–Crippen LogP) is 2.08. The van der Waals surface area contributed by atoms with Crippen molar-refractivity contribution in [3.63, 3.8) is 0 Å². The van der Waals surface area contributed by atoms with Gasteiger partial charge in [-0.1, -0.05) is 6.92 Å². The lowest BCUT2D eigenvalue weighted by Gasteiger charge is -2.03. The summed E-state index contributed by atoms with van der Waals surface area (Å²) in [5.41, 5.74) is 2.48. The fraction of sp³-hybridized carbons (Fsp3) is 0.727. The highest BCUT2D eigenvalue weighted by molar-refractivity contribution is 7.98. The van der Waals surface area contributed by atoms with Crippen molar-refractivity contribution < 1.29 is 5.11 Å². The highest BCUT2D eigenvalue weighted by atomic mass is 32.2. The minimum atomic E-state index is 0.292. The predicted molar refractivity (Wildman–Crippen MR) is 65.1 cm³/mol. The van der Waals surface area contributed by atoms with E-state index < -0.39 is 0 Å². The van der Waals surface area contributed by atoms with Crippen molar-refractivity contribution in [3.05, 3.63) is 17.5 Å². The van der Waals surface area contributed by atoms with E-state index in [1.54, 1.807) is 0 Å². The molecule has 86 valence electrons. The van der Waals surface area contributed by atoms with Crippen molar-refractivity contribution in [1.29, 1.82) is 0 Å². The molecule has 0 amide bonds. The average Bonchev–Trinajstić information content (AvgIpc) is 2.67. The van der Waals surface area contributed by atoms with Gasteiger partial charge in [-0.25, -0.2) is 0 Å². The Hall–Kier alpha value is -0.480. The minimum Gasteiger partial charge on any atom is -0.396 e. The summed E-state index contributed by atoms with van der Waals surface area (Å²) >= 11 is 1.86. The van der Waals surface area contributed by atoms with Crippen molar-refractivity contribution in [1.82, 2.24) is 9.78 Å². The molecule has 15 heavy (non-hydrogen) atoms. The molecular weight excluding hydrogens is 208 g/mol. The fourth-order valence-corrected chi connectivity index (χ4v) is 2.34. The summed E-state index contributed by atoms with van der Waals surface area (Å²) in [4.78, 5) is 0. The van der Waals surface area contributed by atoms with Gasteiger partial charge < -0.3 is 5.11 Å². The molecule has 0 fully saturated rings. The van der Waals surface area contributed by atoms with Crippen LogP contribution < -0.4 is 0 Å². The highest BCUT2D eigenvalue weighted by Crippen LogP contribution is 2.14. The smallest absolute Gasteiger partial charge is 0.0625 e. The van der Waals surface area contributed by atoms with E-state index in [0.29, 0.717) is 6.61 Å². The average molecular weight is 228 g/mol. The first-order chi connectivity index (χ1) is 7.31. The summed E-state index contributed by atoms with van der Waals surface area (Å²) in [7, 11) is 0. The van der Waals surface area contributed by atoms with Crippen LogP contribution >= 0.6 is 11.8 Å².